The molecule has 152 valence electrons. The van der Waals surface area contributed by atoms with Gasteiger partial charge in [-0.05, 0) is 53.1 Å². The summed E-state index contributed by atoms with van der Waals surface area (Å²) in [7, 11) is 0. The second-order valence-corrected chi connectivity index (χ2v) is 8.09. The molecule has 5 aromatic carbocycles. The van der Waals surface area contributed by atoms with Gasteiger partial charge in [0, 0.05) is 27.7 Å². The number of fused-ring (bicyclic) bond motifs is 3. The zero-order valence-corrected chi connectivity index (χ0v) is 17.6. The Kier molecular flexibility index (Phi) is 4.29. The Hall–Kier alpha value is -4.30. The average molecular weight is 411 g/mol. The number of nitrogen functional groups attached to an aromatic ring is 1. The minimum absolute atomic E-state index is 0.791. The molecule has 0 aliphatic carbocycles. The Morgan fingerprint density at radius 2 is 1.09 bits per heavy atom. The van der Waals surface area contributed by atoms with Crippen LogP contribution in [-0.4, -0.2) is 4.57 Å². The molecule has 6 rings (SSSR count). The molecule has 2 N–H and O–H groups in total. The van der Waals surface area contributed by atoms with Crippen LogP contribution in [0.4, 0.5) is 5.69 Å². The normalized spacial score (nSPS) is 11.2. The van der Waals surface area contributed by atoms with Crippen LogP contribution in [0.3, 0.4) is 0 Å². The highest BCUT2D eigenvalue weighted by Gasteiger charge is 2.13. The van der Waals surface area contributed by atoms with Crippen molar-refractivity contribution >= 4 is 27.5 Å². The number of anilines is 1. The fraction of sp³-hybridized carbons (Fsp3) is 0. The van der Waals surface area contributed by atoms with Crippen LogP contribution >= 0.6 is 0 Å². The second-order valence-electron chi connectivity index (χ2n) is 8.09. The molecule has 6 aromatic rings. The summed E-state index contributed by atoms with van der Waals surface area (Å²) in [6.45, 7) is 0. The molecular formula is C30H22N2. The largest absolute Gasteiger partial charge is 0.398 e. The molecule has 0 spiro atoms. The van der Waals surface area contributed by atoms with Crippen LogP contribution in [0.1, 0.15) is 0 Å². The summed E-state index contributed by atoms with van der Waals surface area (Å²) in [6, 6.07) is 42.6. The lowest BCUT2D eigenvalue weighted by atomic mass is 9.97. The number of aromatic nitrogens is 1. The maximum atomic E-state index is 6.34. The molecule has 0 saturated heterocycles. The van der Waals surface area contributed by atoms with E-state index >= 15 is 0 Å². The summed E-state index contributed by atoms with van der Waals surface area (Å²) in [5, 5.41) is 2.52. The van der Waals surface area contributed by atoms with Gasteiger partial charge in [-0.15, -0.1) is 0 Å². The Bertz CT molecular complexity index is 1560. The number of rotatable bonds is 3. The molecule has 0 amide bonds. The van der Waals surface area contributed by atoms with Gasteiger partial charge in [0.2, 0.25) is 0 Å². The summed E-state index contributed by atoms with van der Waals surface area (Å²) in [5.41, 5.74) is 15.2. The van der Waals surface area contributed by atoms with Crippen molar-refractivity contribution in [2.45, 2.75) is 0 Å². The van der Waals surface area contributed by atoms with Gasteiger partial charge in [-0.1, -0.05) is 84.9 Å². The Morgan fingerprint density at radius 1 is 0.469 bits per heavy atom. The van der Waals surface area contributed by atoms with E-state index in [0.29, 0.717) is 0 Å². The number of nitrogens with zero attached hydrogens (tertiary/aromatic N) is 1. The third-order valence-electron chi connectivity index (χ3n) is 6.16. The first-order valence-electron chi connectivity index (χ1n) is 10.8. The Balaban J connectivity index is 1.59. The van der Waals surface area contributed by atoms with E-state index in [1.165, 1.54) is 27.4 Å². The number of benzene rings is 5. The zero-order valence-electron chi connectivity index (χ0n) is 17.6. The van der Waals surface area contributed by atoms with Gasteiger partial charge in [0.05, 0.1) is 11.0 Å². The lowest BCUT2D eigenvalue weighted by Gasteiger charge is -2.11. The highest BCUT2D eigenvalue weighted by molar-refractivity contribution is 6.10. The van der Waals surface area contributed by atoms with E-state index in [2.05, 4.69) is 102 Å². The second kappa shape index (κ2) is 7.44. The zero-order chi connectivity index (χ0) is 21.5. The number of hydrogen-bond donors (Lipinski definition) is 1. The highest BCUT2D eigenvalue weighted by Crippen LogP contribution is 2.36. The van der Waals surface area contributed by atoms with Gasteiger partial charge in [-0.2, -0.15) is 0 Å². The minimum Gasteiger partial charge on any atom is -0.398 e. The average Bonchev–Trinajstić information content (AvgIpc) is 3.19. The van der Waals surface area contributed by atoms with Crippen LogP contribution in [0, 0.1) is 0 Å². The first-order valence-corrected chi connectivity index (χ1v) is 10.8. The molecule has 2 heteroatoms. The predicted molar refractivity (Wildman–Crippen MR) is 136 cm³/mol. The fourth-order valence-corrected chi connectivity index (χ4v) is 4.61. The van der Waals surface area contributed by atoms with Gasteiger partial charge in [0.1, 0.15) is 0 Å². The quantitative estimate of drug-likeness (QED) is 0.298. The number of para-hydroxylation sites is 2. The molecular weight excluding hydrogens is 388 g/mol. The lowest BCUT2D eigenvalue weighted by molar-refractivity contribution is 1.18. The fourth-order valence-electron chi connectivity index (χ4n) is 4.61. The summed E-state index contributed by atoms with van der Waals surface area (Å²) in [5.74, 6) is 0. The van der Waals surface area contributed by atoms with Crippen molar-refractivity contribution in [1.29, 1.82) is 0 Å². The van der Waals surface area contributed by atoms with Crippen molar-refractivity contribution in [2.75, 3.05) is 5.73 Å². The van der Waals surface area contributed by atoms with Gasteiger partial charge in [0.25, 0.3) is 0 Å². The van der Waals surface area contributed by atoms with Crippen LogP contribution in [-0.2, 0) is 0 Å². The van der Waals surface area contributed by atoms with Crippen molar-refractivity contribution in [3.8, 4) is 27.9 Å². The van der Waals surface area contributed by atoms with Crippen LogP contribution < -0.4 is 5.73 Å². The molecule has 1 heterocycles. The maximum Gasteiger partial charge on any atom is 0.0547 e. The van der Waals surface area contributed by atoms with Crippen LogP contribution in [0.5, 0.6) is 0 Å². The molecule has 0 aliphatic heterocycles. The van der Waals surface area contributed by atoms with Crippen molar-refractivity contribution in [3.05, 3.63) is 121 Å². The molecule has 0 radical (unpaired) electrons. The molecule has 0 fully saturated rings. The summed E-state index contributed by atoms with van der Waals surface area (Å²) in [4.78, 5) is 0. The van der Waals surface area contributed by atoms with E-state index in [9.17, 15) is 0 Å². The Labute approximate surface area is 187 Å². The van der Waals surface area contributed by atoms with Crippen LogP contribution in [0.2, 0.25) is 0 Å². The monoisotopic (exact) mass is 410 g/mol. The first-order chi connectivity index (χ1) is 15.8. The van der Waals surface area contributed by atoms with Crippen molar-refractivity contribution < 1.29 is 0 Å². The smallest absolute Gasteiger partial charge is 0.0547 e. The molecule has 0 saturated carbocycles. The maximum absolute atomic E-state index is 6.34. The van der Waals surface area contributed by atoms with Gasteiger partial charge < -0.3 is 10.3 Å². The van der Waals surface area contributed by atoms with Gasteiger partial charge in [0.15, 0.2) is 0 Å². The molecule has 1 aromatic heterocycles. The topological polar surface area (TPSA) is 30.9 Å². The van der Waals surface area contributed by atoms with E-state index in [0.717, 1.165) is 28.1 Å². The minimum atomic E-state index is 0.791. The first kappa shape index (κ1) is 18.5. The van der Waals surface area contributed by atoms with E-state index in [1.54, 1.807) is 0 Å². The lowest BCUT2D eigenvalue weighted by Crippen LogP contribution is -1.94. The molecule has 0 atom stereocenters. The Morgan fingerprint density at radius 3 is 1.91 bits per heavy atom. The standard InChI is InChI=1S/C30H22N2/c31-28-18-16-22(19-27(28)21-9-3-1-4-10-21)23-15-17-26-25-13-7-8-14-29(25)32(30(26)20-23)24-11-5-2-6-12-24/h1-20H,31H2. The van der Waals surface area contributed by atoms with E-state index < -0.39 is 0 Å². The molecule has 2 nitrogen and oxygen atoms in total. The van der Waals surface area contributed by atoms with Crippen molar-refractivity contribution in [1.82, 2.24) is 4.57 Å². The van der Waals surface area contributed by atoms with Gasteiger partial charge in [-0.25, -0.2) is 0 Å². The van der Waals surface area contributed by atoms with Crippen molar-refractivity contribution in [3.63, 3.8) is 0 Å². The van der Waals surface area contributed by atoms with Gasteiger partial charge >= 0.3 is 0 Å². The van der Waals surface area contributed by atoms with E-state index in [4.69, 9.17) is 5.73 Å². The summed E-state index contributed by atoms with van der Waals surface area (Å²) in [6.07, 6.45) is 0. The van der Waals surface area contributed by atoms with Crippen LogP contribution in [0.25, 0.3) is 49.7 Å². The van der Waals surface area contributed by atoms with Gasteiger partial charge in [-0.3, -0.25) is 0 Å². The summed E-state index contributed by atoms with van der Waals surface area (Å²) < 4.78 is 2.35. The molecule has 0 bridgehead atoms. The molecule has 32 heavy (non-hydrogen) atoms. The van der Waals surface area contributed by atoms with Crippen LogP contribution in [0.15, 0.2) is 121 Å². The predicted octanol–water partition coefficient (Wildman–Crippen LogP) is 7.70. The van der Waals surface area contributed by atoms with E-state index in [-0.39, 0.29) is 0 Å². The molecule has 0 unspecified atom stereocenters. The number of hydrogen-bond acceptors (Lipinski definition) is 1. The summed E-state index contributed by atoms with van der Waals surface area (Å²) >= 11 is 0. The third kappa shape index (κ3) is 2.97. The van der Waals surface area contributed by atoms with E-state index in [1.807, 2.05) is 24.3 Å². The SMILES string of the molecule is Nc1ccc(-c2ccc3c4ccccc4n(-c4ccccc4)c3c2)cc1-c1ccccc1. The molecule has 0 aliphatic rings. The highest BCUT2D eigenvalue weighted by atomic mass is 15.0. The van der Waals surface area contributed by atoms with Crippen molar-refractivity contribution in [2.24, 2.45) is 0 Å². The third-order valence-corrected chi connectivity index (χ3v) is 6.16. The number of nitrogens with two attached hydrogens (primary N) is 1.